The van der Waals surface area contributed by atoms with Gasteiger partial charge in [0.2, 0.25) is 0 Å². The van der Waals surface area contributed by atoms with Gasteiger partial charge in [0.1, 0.15) is 5.78 Å². The summed E-state index contributed by atoms with van der Waals surface area (Å²) in [5.74, 6) is 0.247. The number of carbonyl (C=O) groups is 1. The molecule has 0 radical (unpaired) electrons. The molecule has 3 rings (SSSR count). The van der Waals surface area contributed by atoms with E-state index in [1.54, 1.807) is 11.3 Å². The molecule has 0 amide bonds. The third-order valence-corrected chi connectivity index (χ3v) is 4.07. The van der Waals surface area contributed by atoms with Crippen molar-refractivity contribution in [2.24, 2.45) is 0 Å². The number of aryl methyl sites for hydroxylation is 2. The van der Waals surface area contributed by atoms with Crippen LogP contribution in [0.15, 0.2) is 42.0 Å². The minimum absolute atomic E-state index is 0.247. The quantitative estimate of drug-likeness (QED) is 0.719. The van der Waals surface area contributed by atoms with Crippen LogP contribution in [0.2, 0.25) is 0 Å². The number of aromatic nitrogens is 2. The molecule has 1 aromatic carbocycles. The number of thiazole rings is 1. The lowest BCUT2D eigenvalue weighted by Gasteiger charge is -2.01. The second-order valence-electron chi connectivity index (χ2n) is 5.03. The van der Waals surface area contributed by atoms with Crippen LogP contribution in [0.1, 0.15) is 23.2 Å². The van der Waals surface area contributed by atoms with E-state index in [2.05, 4.69) is 30.1 Å². The predicted molar refractivity (Wildman–Crippen MR) is 81.3 cm³/mol. The molecule has 0 saturated carbocycles. The molecular formula is C16H16N2OS. The summed E-state index contributed by atoms with van der Waals surface area (Å²) < 4.78 is 1.97. The van der Waals surface area contributed by atoms with Crippen LogP contribution in [-0.4, -0.2) is 15.2 Å². The van der Waals surface area contributed by atoms with Crippen LogP contribution in [0.4, 0.5) is 0 Å². The topological polar surface area (TPSA) is 34.4 Å². The molecule has 20 heavy (non-hydrogen) atoms. The van der Waals surface area contributed by atoms with Crippen molar-refractivity contribution in [3.63, 3.8) is 0 Å². The molecule has 0 unspecified atom stereocenters. The molecule has 2 aromatic heterocycles. The molecule has 0 aliphatic carbocycles. The average molecular weight is 284 g/mol. The number of rotatable bonds is 5. The number of fused-ring (bicyclic) bond motifs is 1. The molecule has 0 saturated heterocycles. The fourth-order valence-corrected chi connectivity index (χ4v) is 3.02. The Hall–Kier alpha value is -1.94. The van der Waals surface area contributed by atoms with E-state index in [4.69, 9.17) is 0 Å². The second kappa shape index (κ2) is 5.59. The van der Waals surface area contributed by atoms with Gasteiger partial charge in [0.15, 0.2) is 4.96 Å². The molecule has 3 nitrogen and oxygen atoms in total. The Bertz CT molecular complexity index is 713. The lowest BCUT2D eigenvalue weighted by Crippen LogP contribution is -2.04. The highest BCUT2D eigenvalue weighted by molar-refractivity contribution is 7.15. The van der Waals surface area contributed by atoms with Gasteiger partial charge in [0.05, 0.1) is 12.1 Å². The molecule has 4 heteroatoms. The van der Waals surface area contributed by atoms with E-state index in [9.17, 15) is 4.79 Å². The maximum Gasteiger partial charge on any atom is 0.193 e. The van der Waals surface area contributed by atoms with E-state index in [0.29, 0.717) is 12.8 Å². The first kappa shape index (κ1) is 13.1. The van der Waals surface area contributed by atoms with Crippen molar-refractivity contribution in [3.8, 4) is 0 Å². The van der Waals surface area contributed by atoms with E-state index in [0.717, 1.165) is 17.1 Å². The van der Waals surface area contributed by atoms with Crippen LogP contribution in [0, 0.1) is 6.92 Å². The van der Waals surface area contributed by atoms with Crippen molar-refractivity contribution >= 4 is 22.1 Å². The smallest absolute Gasteiger partial charge is 0.193 e. The van der Waals surface area contributed by atoms with Crippen molar-refractivity contribution in [2.45, 2.75) is 26.2 Å². The zero-order chi connectivity index (χ0) is 13.9. The number of hydrogen-bond acceptors (Lipinski definition) is 3. The van der Waals surface area contributed by atoms with Gasteiger partial charge in [-0.25, -0.2) is 4.98 Å². The molecule has 3 aromatic rings. The van der Waals surface area contributed by atoms with Gasteiger partial charge in [-0.05, 0) is 18.9 Å². The Kier molecular flexibility index (Phi) is 3.65. The van der Waals surface area contributed by atoms with Crippen LogP contribution < -0.4 is 0 Å². The zero-order valence-corrected chi connectivity index (χ0v) is 12.2. The summed E-state index contributed by atoms with van der Waals surface area (Å²) in [6.07, 6.45) is 5.72. The molecule has 0 bridgehead atoms. The Balaban J connectivity index is 1.58. The summed E-state index contributed by atoms with van der Waals surface area (Å²) in [5, 5.41) is 1.99. The Morgan fingerprint density at radius 3 is 3.10 bits per heavy atom. The van der Waals surface area contributed by atoms with Gasteiger partial charge in [-0.2, -0.15) is 0 Å². The van der Waals surface area contributed by atoms with E-state index in [-0.39, 0.29) is 5.78 Å². The molecule has 0 aliphatic rings. The van der Waals surface area contributed by atoms with Gasteiger partial charge < -0.3 is 0 Å². The summed E-state index contributed by atoms with van der Waals surface area (Å²) in [4.78, 5) is 17.4. The molecular weight excluding hydrogens is 268 g/mol. The highest BCUT2D eigenvalue weighted by atomic mass is 32.1. The van der Waals surface area contributed by atoms with Gasteiger partial charge in [-0.3, -0.25) is 9.20 Å². The molecule has 0 fully saturated rings. The Morgan fingerprint density at radius 1 is 1.40 bits per heavy atom. The highest BCUT2D eigenvalue weighted by Gasteiger charge is 2.08. The standard InChI is InChI=1S/C16H16N2OS/c1-12-3-2-4-13(9-12)5-6-15(19)10-14-11-18-7-8-20-16(18)17-14/h2-4,7-9,11H,5-6,10H2,1H3. The van der Waals surface area contributed by atoms with Gasteiger partial charge in [0.25, 0.3) is 0 Å². The summed E-state index contributed by atoms with van der Waals surface area (Å²) in [6, 6.07) is 8.33. The number of imidazole rings is 1. The van der Waals surface area contributed by atoms with Gasteiger partial charge in [0, 0.05) is 24.2 Å². The summed E-state index contributed by atoms with van der Waals surface area (Å²) >= 11 is 1.59. The largest absolute Gasteiger partial charge is 0.299 e. The van der Waals surface area contributed by atoms with E-state index < -0.39 is 0 Å². The molecule has 102 valence electrons. The average Bonchev–Trinajstić information content (AvgIpc) is 2.97. The first-order valence-electron chi connectivity index (χ1n) is 6.69. The fraction of sp³-hybridized carbons (Fsp3) is 0.250. The number of ketones is 1. The maximum absolute atomic E-state index is 12.0. The second-order valence-corrected chi connectivity index (χ2v) is 5.90. The van der Waals surface area contributed by atoms with E-state index >= 15 is 0 Å². The number of benzene rings is 1. The number of hydrogen-bond donors (Lipinski definition) is 0. The molecule has 2 heterocycles. The minimum Gasteiger partial charge on any atom is -0.299 e. The summed E-state index contributed by atoms with van der Waals surface area (Å²) in [7, 11) is 0. The van der Waals surface area contributed by atoms with Gasteiger partial charge in [-0.1, -0.05) is 29.8 Å². The van der Waals surface area contributed by atoms with Gasteiger partial charge >= 0.3 is 0 Å². The van der Waals surface area contributed by atoms with E-state index in [1.807, 2.05) is 28.2 Å². The molecule has 0 N–H and O–H groups in total. The van der Waals surface area contributed by atoms with Crippen molar-refractivity contribution in [3.05, 3.63) is 58.9 Å². The number of nitrogens with zero attached hydrogens (tertiary/aromatic N) is 2. The van der Waals surface area contributed by atoms with Crippen molar-refractivity contribution in [1.29, 1.82) is 0 Å². The predicted octanol–water partition coefficient (Wildman–Crippen LogP) is 3.45. The van der Waals surface area contributed by atoms with E-state index in [1.165, 1.54) is 11.1 Å². The van der Waals surface area contributed by atoms with Crippen LogP contribution in [0.3, 0.4) is 0 Å². The highest BCUT2D eigenvalue weighted by Crippen LogP contribution is 2.13. The minimum atomic E-state index is 0.247. The SMILES string of the molecule is Cc1cccc(CCC(=O)Cc2cn3ccsc3n2)c1. The third kappa shape index (κ3) is 2.96. The normalized spacial score (nSPS) is 11.1. The van der Waals surface area contributed by atoms with Crippen LogP contribution in [-0.2, 0) is 17.6 Å². The maximum atomic E-state index is 12.0. The molecule has 0 spiro atoms. The lowest BCUT2D eigenvalue weighted by atomic mass is 10.0. The number of carbonyl (C=O) groups excluding carboxylic acids is 1. The first-order chi connectivity index (χ1) is 9.70. The summed E-state index contributed by atoms with van der Waals surface area (Å²) in [6.45, 7) is 2.07. The molecule has 0 aliphatic heterocycles. The first-order valence-corrected chi connectivity index (χ1v) is 7.57. The van der Waals surface area contributed by atoms with Crippen molar-refractivity contribution in [1.82, 2.24) is 9.38 Å². The number of Topliss-reactive ketones (excluding diaryl/α,β-unsaturated/α-hetero) is 1. The fourth-order valence-electron chi connectivity index (χ4n) is 2.30. The zero-order valence-electron chi connectivity index (χ0n) is 11.4. The monoisotopic (exact) mass is 284 g/mol. The van der Waals surface area contributed by atoms with Crippen molar-refractivity contribution in [2.75, 3.05) is 0 Å². The Labute approximate surface area is 121 Å². The molecule has 0 atom stereocenters. The van der Waals surface area contributed by atoms with Crippen LogP contribution in [0.25, 0.3) is 4.96 Å². The van der Waals surface area contributed by atoms with Crippen molar-refractivity contribution < 1.29 is 4.79 Å². The third-order valence-electron chi connectivity index (χ3n) is 3.30. The van der Waals surface area contributed by atoms with Gasteiger partial charge in [-0.15, -0.1) is 11.3 Å². The van der Waals surface area contributed by atoms with Crippen LogP contribution in [0.5, 0.6) is 0 Å². The Morgan fingerprint density at radius 2 is 2.30 bits per heavy atom. The summed E-state index contributed by atoms with van der Waals surface area (Å²) in [5.41, 5.74) is 3.33. The van der Waals surface area contributed by atoms with Crippen LogP contribution >= 0.6 is 11.3 Å². The lowest BCUT2D eigenvalue weighted by molar-refractivity contribution is -0.118.